The molecule has 1 aromatic heterocycles. The number of carboxylic acids is 1. The third-order valence-electron chi connectivity index (χ3n) is 3.24. The van der Waals surface area contributed by atoms with Gasteiger partial charge in [0.1, 0.15) is 5.01 Å². The Morgan fingerprint density at radius 1 is 1.33 bits per heavy atom. The molecule has 1 aliphatic heterocycles. The first kappa shape index (κ1) is 13.5. The number of thiazole rings is 1. The smallest absolute Gasteiger partial charge is 0.303 e. The summed E-state index contributed by atoms with van der Waals surface area (Å²) in [5.41, 5.74) is 0. The van der Waals surface area contributed by atoms with Gasteiger partial charge in [-0.05, 0) is 32.4 Å². The molecule has 0 atom stereocenters. The van der Waals surface area contributed by atoms with Crippen molar-refractivity contribution in [1.29, 1.82) is 0 Å². The minimum atomic E-state index is -0.738. The van der Waals surface area contributed by atoms with Crippen molar-refractivity contribution >= 4 is 17.3 Å². The summed E-state index contributed by atoms with van der Waals surface area (Å²) in [4.78, 5) is 18.5. The van der Waals surface area contributed by atoms with Crippen LogP contribution in [-0.2, 0) is 17.8 Å². The standard InChI is InChI=1S/C13H20N2O2S/c16-13(17)6-5-11-9-14-12(18-11)10-15-7-3-1-2-4-8-15/h9H,1-8,10H2,(H,16,17). The Kier molecular flexibility index (Phi) is 5.13. The van der Waals surface area contributed by atoms with Gasteiger partial charge in [0.05, 0.1) is 13.0 Å². The van der Waals surface area contributed by atoms with Crippen molar-refractivity contribution in [2.45, 2.75) is 45.1 Å². The molecule has 0 radical (unpaired) electrons. The fraction of sp³-hybridized carbons (Fsp3) is 0.692. The number of nitrogens with zero attached hydrogens (tertiary/aromatic N) is 2. The van der Waals surface area contributed by atoms with Crippen LogP contribution >= 0.6 is 11.3 Å². The Hall–Kier alpha value is -0.940. The summed E-state index contributed by atoms with van der Waals surface area (Å²) in [5.74, 6) is -0.738. The lowest BCUT2D eigenvalue weighted by Gasteiger charge is -2.17. The first-order valence-electron chi connectivity index (χ1n) is 6.62. The third kappa shape index (κ3) is 4.38. The van der Waals surface area contributed by atoms with Gasteiger partial charge in [0, 0.05) is 11.1 Å². The van der Waals surface area contributed by atoms with Crippen LogP contribution in [0.2, 0.25) is 0 Å². The van der Waals surface area contributed by atoms with E-state index in [1.165, 1.54) is 38.8 Å². The highest BCUT2D eigenvalue weighted by atomic mass is 32.1. The molecule has 2 heterocycles. The lowest BCUT2D eigenvalue weighted by molar-refractivity contribution is -0.136. The normalized spacial score (nSPS) is 17.6. The molecule has 0 spiro atoms. The molecule has 1 aliphatic rings. The fourth-order valence-electron chi connectivity index (χ4n) is 2.25. The van der Waals surface area contributed by atoms with E-state index in [4.69, 9.17) is 5.11 Å². The summed E-state index contributed by atoms with van der Waals surface area (Å²) in [6, 6.07) is 0. The predicted octanol–water partition coefficient (Wildman–Crippen LogP) is 2.54. The second-order valence-electron chi connectivity index (χ2n) is 4.80. The minimum Gasteiger partial charge on any atom is -0.481 e. The van der Waals surface area contributed by atoms with Crippen LogP contribution in [0.1, 0.15) is 42.0 Å². The summed E-state index contributed by atoms with van der Waals surface area (Å²) in [7, 11) is 0. The summed E-state index contributed by atoms with van der Waals surface area (Å²) in [6.45, 7) is 3.27. The summed E-state index contributed by atoms with van der Waals surface area (Å²) < 4.78 is 0. The molecule has 100 valence electrons. The maximum atomic E-state index is 10.5. The second kappa shape index (κ2) is 6.85. The topological polar surface area (TPSA) is 53.4 Å². The van der Waals surface area contributed by atoms with Crippen LogP contribution in [0, 0.1) is 0 Å². The van der Waals surface area contributed by atoms with E-state index >= 15 is 0 Å². The summed E-state index contributed by atoms with van der Waals surface area (Å²) in [5, 5.41) is 9.77. The number of carboxylic acid groups (broad SMARTS) is 1. The van der Waals surface area contributed by atoms with Gasteiger partial charge in [0.25, 0.3) is 0 Å². The molecule has 0 aromatic carbocycles. The van der Waals surface area contributed by atoms with Crippen LogP contribution in [-0.4, -0.2) is 34.0 Å². The second-order valence-corrected chi connectivity index (χ2v) is 6.00. The van der Waals surface area contributed by atoms with E-state index in [0.29, 0.717) is 6.42 Å². The average Bonchev–Trinajstić information content (AvgIpc) is 2.62. The summed E-state index contributed by atoms with van der Waals surface area (Å²) >= 11 is 1.66. The highest BCUT2D eigenvalue weighted by Crippen LogP contribution is 2.18. The van der Waals surface area contributed by atoms with E-state index in [1.807, 2.05) is 6.20 Å². The third-order valence-corrected chi connectivity index (χ3v) is 4.29. The molecule has 0 amide bonds. The SMILES string of the molecule is O=C(O)CCc1cnc(CN2CCCCCC2)s1. The van der Waals surface area contributed by atoms with E-state index in [-0.39, 0.29) is 6.42 Å². The zero-order valence-corrected chi connectivity index (χ0v) is 11.4. The van der Waals surface area contributed by atoms with Gasteiger partial charge >= 0.3 is 5.97 Å². The molecule has 1 saturated heterocycles. The van der Waals surface area contributed by atoms with Gasteiger partial charge in [-0.1, -0.05) is 12.8 Å². The molecule has 5 heteroatoms. The quantitative estimate of drug-likeness (QED) is 0.891. The van der Waals surface area contributed by atoms with Gasteiger partial charge < -0.3 is 5.11 Å². The monoisotopic (exact) mass is 268 g/mol. The maximum Gasteiger partial charge on any atom is 0.303 e. The van der Waals surface area contributed by atoms with Crippen molar-refractivity contribution in [3.05, 3.63) is 16.1 Å². The van der Waals surface area contributed by atoms with Gasteiger partial charge in [0.15, 0.2) is 0 Å². The van der Waals surface area contributed by atoms with Crippen LogP contribution in [0.25, 0.3) is 0 Å². The molecule has 2 rings (SSSR count). The van der Waals surface area contributed by atoms with Gasteiger partial charge in [-0.3, -0.25) is 9.69 Å². The molecule has 1 N–H and O–H groups in total. The molecular weight excluding hydrogens is 248 g/mol. The van der Waals surface area contributed by atoms with Crippen molar-refractivity contribution in [2.24, 2.45) is 0 Å². The Labute approximate surface area is 112 Å². The largest absolute Gasteiger partial charge is 0.481 e. The first-order chi connectivity index (χ1) is 8.74. The molecule has 0 aliphatic carbocycles. The van der Waals surface area contributed by atoms with E-state index in [1.54, 1.807) is 11.3 Å². The Morgan fingerprint density at radius 3 is 2.72 bits per heavy atom. The maximum absolute atomic E-state index is 10.5. The lowest BCUT2D eigenvalue weighted by Crippen LogP contribution is -2.23. The van der Waals surface area contributed by atoms with Gasteiger partial charge in [0.2, 0.25) is 0 Å². The van der Waals surface area contributed by atoms with E-state index in [0.717, 1.165) is 16.4 Å². The fourth-order valence-corrected chi connectivity index (χ4v) is 3.22. The number of aliphatic carboxylic acids is 1. The van der Waals surface area contributed by atoms with Crippen molar-refractivity contribution in [1.82, 2.24) is 9.88 Å². The molecule has 0 saturated carbocycles. The van der Waals surface area contributed by atoms with E-state index < -0.39 is 5.97 Å². The number of carbonyl (C=O) groups is 1. The number of aromatic nitrogens is 1. The molecule has 0 bridgehead atoms. The average molecular weight is 268 g/mol. The number of hydrogen-bond donors (Lipinski definition) is 1. The van der Waals surface area contributed by atoms with Crippen molar-refractivity contribution in [3.63, 3.8) is 0 Å². The van der Waals surface area contributed by atoms with Gasteiger partial charge in [-0.2, -0.15) is 0 Å². The van der Waals surface area contributed by atoms with Crippen molar-refractivity contribution in [2.75, 3.05) is 13.1 Å². The molecule has 0 unspecified atom stereocenters. The zero-order valence-electron chi connectivity index (χ0n) is 10.6. The van der Waals surface area contributed by atoms with E-state index in [9.17, 15) is 4.79 Å². The number of hydrogen-bond acceptors (Lipinski definition) is 4. The molecule has 1 aromatic rings. The Bertz CT molecular complexity index is 384. The number of likely N-dealkylation sites (tertiary alicyclic amines) is 1. The summed E-state index contributed by atoms with van der Waals surface area (Å²) in [6.07, 6.45) is 7.91. The van der Waals surface area contributed by atoms with Gasteiger partial charge in [-0.15, -0.1) is 11.3 Å². The number of rotatable bonds is 5. The highest BCUT2D eigenvalue weighted by Gasteiger charge is 2.12. The first-order valence-corrected chi connectivity index (χ1v) is 7.43. The van der Waals surface area contributed by atoms with Crippen molar-refractivity contribution < 1.29 is 9.90 Å². The van der Waals surface area contributed by atoms with Gasteiger partial charge in [-0.25, -0.2) is 4.98 Å². The minimum absolute atomic E-state index is 0.200. The van der Waals surface area contributed by atoms with E-state index in [2.05, 4.69) is 9.88 Å². The van der Waals surface area contributed by atoms with Crippen LogP contribution in [0.4, 0.5) is 0 Å². The Balaban J connectivity index is 1.83. The van der Waals surface area contributed by atoms with Crippen LogP contribution in [0.15, 0.2) is 6.20 Å². The molecule has 1 fully saturated rings. The van der Waals surface area contributed by atoms with Crippen molar-refractivity contribution in [3.8, 4) is 0 Å². The lowest BCUT2D eigenvalue weighted by atomic mass is 10.2. The molecule has 18 heavy (non-hydrogen) atoms. The molecule has 4 nitrogen and oxygen atoms in total. The number of aryl methyl sites for hydroxylation is 1. The van der Waals surface area contributed by atoms with Crippen LogP contribution in [0.3, 0.4) is 0 Å². The highest BCUT2D eigenvalue weighted by molar-refractivity contribution is 7.11. The molecular formula is C13H20N2O2S. The zero-order chi connectivity index (χ0) is 12.8. The van der Waals surface area contributed by atoms with Crippen LogP contribution in [0.5, 0.6) is 0 Å². The Morgan fingerprint density at radius 2 is 2.06 bits per heavy atom. The van der Waals surface area contributed by atoms with Crippen LogP contribution < -0.4 is 0 Å². The predicted molar refractivity (Wildman–Crippen MR) is 71.8 cm³/mol.